The van der Waals surface area contributed by atoms with E-state index in [4.69, 9.17) is 14.2 Å². The molecule has 0 aliphatic carbocycles. The summed E-state index contributed by atoms with van der Waals surface area (Å²) in [5, 5.41) is 11.5. The standard InChI is InChI=1S/C32H35NO6/c1-7-38-27-17-22(12-14-26(27)37-6)29-28(30(34)23-9-8-10-25(16-23)39-18-19(2)3)31(35)32(36)33(29)24-13-11-20(4)21(5)15-24/h8-17,19,29,34H,7,18H2,1-6H3/b30-28+. The van der Waals surface area contributed by atoms with Crippen LogP contribution in [0.2, 0.25) is 0 Å². The first-order valence-electron chi connectivity index (χ1n) is 13.1. The van der Waals surface area contributed by atoms with Gasteiger partial charge in [0.15, 0.2) is 11.5 Å². The maximum atomic E-state index is 13.6. The van der Waals surface area contributed by atoms with Gasteiger partial charge in [-0.15, -0.1) is 0 Å². The number of rotatable bonds is 9. The van der Waals surface area contributed by atoms with Crippen LogP contribution in [-0.4, -0.2) is 37.1 Å². The molecule has 0 aromatic heterocycles. The molecule has 1 fully saturated rings. The summed E-state index contributed by atoms with van der Waals surface area (Å²) in [5.41, 5.74) is 3.59. The number of aryl methyl sites for hydroxylation is 2. The van der Waals surface area contributed by atoms with Gasteiger partial charge in [0.25, 0.3) is 11.7 Å². The number of carbonyl (C=O) groups is 2. The lowest BCUT2D eigenvalue weighted by Gasteiger charge is -2.26. The summed E-state index contributed by atoms with van der Waals surface area (Å²) in [6.07, 6.45) is 0. The van der Waals surface area contributed by atoms with Crippen molar-refractivity contribution in [3.63, 3.8) is 0 Å². The van der Waals surface area contributed by atoms with Crippen molar-refractivity contribution in [2.24, 2.45) is 5.92 Å². The zero-order valence-corrected chi connectivity index (χ0v) is 23.3. The molecule has 204 valence electrons. The van der Waals surface area contributed by atoms with Gasteiger partial charge >= 0.3 is 0 Å². The first kappa shape index (κ1) is 27.8. The zero-order chi connectivity index (χ0) is 28.3. The minimum absolute atomic E-state index is 0.00754. The average Bonchev–Trinajstić information content (AvgIpc) is 3.19. The first-order chi connectivity index (χ1) is 18.7. The van der Waals surface area contributed by atoms with Crippen molar-refractivity contribution < 1.29 is 28.9 Å². The van der Waals surface area contributed by atoms with Gasteiger partial charge in [0, 0.05) is 11.3 Å². The molecule has 0 radical (unpaired) electrons. The number of aliphatic hydroxyl groups is 1. The van der Waals surface area contributed by atoms with Crippen LogP contribution in [0.5, 0.6) is 17.2 Å². The Hall–Kier alpha value is -4.26. The number of Topliss-reactive ketones (excluding diaryl/α,β-unsaturated/α-hetero) is 1. The number of ether oxygens (including phenoxy) is 3. The monoisotopic (exact) mass is 529 g/mol. The Morgan fingerprint density at radius 3 is 2.38 bits per heavy atom. The smallest absolute Gasteiger partial charge is 0.300 e. The van der Waals surface area contributed by atoms with Gasteiger partial charge in [0.2, 0.25) is 0 Å². The third-order valence-electron chi connectivity index (χ3n) is 6.71. The Balaban J connectivity index is 1.92. The zero-order valence-electron chi connectivity index (χ0n) is 23.3. The van der Waals surface area contributed by atoms with Crippen LogP contribution in [0.15, 0.2) is 66.2 Å². The molecular formula is C32H35NO6. The van der Waals surface area contributed by atoms with E-state index in [0.29, 0.717) is 53.2 Å². The van der Waals surface area contributed by atoms with Crippen molar-refractivity contribution in [1.29, 1.82) is 0 Å². The summed E-state index contributed by atoms with van der Waals surface area (Å²) in [6, 6.07) is 16.9. The van der Waals surface area contributed by atoms with Crippen molar-refractivity contribution in [2.45, 2.75) is 40.7 Å². The number of hydrogen-bond acceptors (Lipinski definition) is 6. The highest BCUT2D eigenvalue weighted by Gasteiger charge is 2.47. The number of benzene rings is 3. The van der Waals surface area contributed by atoms with Crippen LogP contribution in [0.1, 0.15) is 49.1 Å². The molecule has 39 heavy (non-hydrogen) atoms. The lowest BCUT2D eigenvalue weighted by molar-refractivity contribution is -0.132. The number of methoxy groups -OCH3 is 1. The van der Waals surface area contributed by atoms with Gasteiger partial charge < -0.3 is 19.3 Å². The molecule has 1 aliphatic heterocycles. The van der Waals surface area contributed by atoms with Crippen LogP contribution < -0.4 is 19.1 Å². The molecule has 3 aromatic rings. The molecule has 1 atom stereocenters. The highest BCUT2D eigenvalue weighted by atomic mass is 16.5. The van der Waals surface area contributed by atoms with Crippen LogP contribution in [0.25, 0.3) is 5.76 Å². The fourth-order valence-corrected chi connectivity index (χ4v) is 4.57. The van der Waals surface area contributed by atoms with E-state index in [0.717, 1.165) is 11.1 Å². The molecule has 0 bridgehead atoms. The van der Waals surface area contributed by atoms with E-state index in [-0.39, 0.29) is 11.3 Å². The summed E-state index contributed by atoms with van der Waals surface area (Å²) in [4.78, 5) is 28.6. The Kier molecular flexibility index (Phi) is 8.29. The molecule has 7 nitrogen and oxygen atoms in total. The van der Waals surface area contributed by atoms with E-state index < -0.39 is 17.7 Å². The molecule has 1 heterocycles. The van der Waals surface area contributed by atoms with Crippen molar-refractivity contribution in [3.05, 3.63) is 88.5 Å². The van der Waals surface area contributed by atoms with Gasteiger partial charge in [0.1, 0.15) is 11.5 Å². The minimum atomic E-state index is -0.891. The summed E-state index contributed by atoms with van der Waals surface area (Å²) in [5.74, 6) is 0.138. The van der Waals surface area contributed by atoms with Crippen molar-refractivity contribution in [2.75, 3.05) is 25.2 Å². The van der Waals surface area contributed by atoms with Gasteiger partial charge in [-0.05, 0) is 79.8 Å². The van der Waals surface area contributed by atoms with Crippen LogP contribution in [0, 0.1) is 19.8 Å². The van der Waals surface area contributed by atoms with E-state index in [1.165, 1.54) is 4.90 Å². The number of carbonyl (C=O) groups excluding carboxylic acids is 2. The normalized spacial score (nSPS) is 16.6. The minimum Gasteiger partial charge on any atom is -0.507 e. The predicted molar refractivity (Wildman–Crippen MR) is 152 cm³/mol. The number of ketones is 1. The Morgan fingerprint density at radius 1 is 0.949 bits per heavy atom. The Morgan fingerprint density at radius 2 is 1.72 bits per heavy atom. The second kappa shape index (κ2) is 11.6. The fourth-order valence-electron chi connectivity index (χ4n) is 4.57. The maximum absolute atomic E-state index is 13.6. The number of nitrogens with zero attached hydrogens (tertiary/aromatic N) is 1. The van der Waals surface area contributed by atoms with E-state index in [2.05, 4.69) is 0 Å². The number of aliphatic hydroxyl groups excluding tert-OH is 1. The van der Waals surface area contributed by atoms with E-state index in [1.54, 1.807) is 49.6 Å². The van der Waals surface area contributed by atoms with Crippen LogP contribution in [-0.2, 0) is 9.59 Å². The van der Waals surface area contributed by atoms with E-state index in [9.17, 15) is 14.7 Å². The molecule has 1 N–H and O–H groups in total. The molecular weight excluding hydrogens is 494 g/mol. The number of amides is 1. The lowest BCUT2D eigenvalue weighted by Crippen LogP contribution is -2.29. The molecule has 1 saturated heterocycles. The quantitative estimate of drug-likeness (QED) is 0.197. The molecule has 1 unspecified atom stereocenters. The lowest BCUT2D eigenvalue weighted by atomic mass is 9.94. The second-order valence-electron chi connectivity index (χ2n) is 10.0. The third kappa shape index (κ3) is 5.62. The SMILES string of the molecule is CCOc1cc(C2/C(=C(\O)c3cccc(OCC(C)C)c3)C(=O)C(=O)N2c2ccc(C)c(C)c2)ccc1OC. The average molecular weight is 530 g/mol. The van der Waals surface area contributed by atoms with Crippen LogP contribution in [0.3, 0.4) is 0 Å². The fraction of sp³-hybridized carbons (Fsp3) is 0.312. The highest BCUT2D eigenvalue weighted by Crippen LogP contribution is 2.44. The molecule has 7 heteroatoms. The summed E-state index contributed by atoms with van der Waals surface area (Å²) >= 11 is 0. The predicted octanol–water partition coefficient (Wildman–Crippen LogP) is 6.37. The van der Waals surface area contributed by atoms with E-state index in [1.807, 2.05) is 52.8 Å². The first-order valence-corrected chi connectivity index (χ1v) is 13.1. The van der Waals surface area contributed by atoms with Gasteiger partial charge in [-0.3, -0.25) is 14.5 Å². The third-order valence-corrected chi connectivity index (χ3v) is 6.71. The Labute approximate surface area is 229 Å². The van der Waals surface area contributed by atoms with Gasteiger partial charge in [-0.2, -0.15) is 0 Å². The number of hydrogen-bond donors (Lipinski definition) is 1. The van der Waals surface area contributed by atoms with Crippen molar-refractivity contribution >= 4 is 23.1 Å². The van der Waals surface area contributed by atoms with Crippen LogP contribution >= 0.6 is 0 Å². The number of anilines is 1. The second-order valence-corrected chi connectivity index (χ2v) is 10.0. The largest absolute Gasteiger partial charge is 0.507 e. The van der Waals surface area contributed by atoms with Gasteiger partial charge in [-0.1, -0.05) is 38.1 Å². The highest BCUT2D eigenvalue weighted by molar-refractivity contribution is 6.51. The molecule has 4 rings (SSSR count). The Bertz CT molecular complexity index is 1420. The van der Waals surface area contributed by atoms with Gasteiger partial charge in [-0.25, -0.2) is 0 Å². The molecule has 1 amide bonds. The maximum Gasteiger partial charge on any atom is 0.300 e. The van der Waals surface area contributed by atoms with Gasteiger partial charge in [0.05, 0.1) is 31.9 Å². The molecule has 0 spiro atoms. The summed E-state index contributed by atoms with van der Waals surface area (Å²) in [6.45, 7) is 10.8. The molecule has 1 aliphatic rings. The van der Waals surface area contributed by atoms with Crippen molar-refractivity contribution in [1.82, 2.24) is 0 Å². The molecule has 0 saturated carbocycles. The molecule has 3 aromatic carbocycles. The summed E-state index contributed by atoms with van der Waals surface area (Å²) in [7, 11) is 1.55. The van der Waals surface area contributed by atoms with Crippen molar-refractivity contribution in [3.8, 4) is 17.2 Å². The van der Waals surface area contributed by atoms with E-state index >= 15 is 0 Å². The summed E-state index contributed by atoms with van der Waals surface area (Å²) < 4.78 is 17.1. The topological polar surface area (TPSA) is 85.3 Å². The van der Waals surface area contributed by atoms with Crippen LogP contribution in [0.4, 0.5) is 5.69 Å².